The number of carbonyl (C=O) groups is 1. The topological polar surface area (TPSA) is 108 Å². The Morgan fingerprint density at radius 1 is 1.38 bits per heavy atom. The fourth-order valence-corrected chi connectivity index (χ4v) is 4.27. The first-order valence-corrected chi connectivity index (χ1v) is 11.1. The molecule has 0 bridgehead atoms. The monoisotopic (exact) mass is 437 g/mol. The predicted octanol–water partition coefficient (Wildman–Crippen LogP) is -0.407. The number of nitrogens with one attached hydrogen (secondary N) is 1. The van der Waals surface area contributed by atoms with E-state index in [1.807, 2.05) is 35.5 Å². The van der Waals surface area contributed by atoms with Crippen molar-refractivity contribution in [2.24, 2.45) is 27.7 Å². The molecule has 9 heteroatoms. The van der Waals surface area contributed by atoms with E-state index in [4.69, 9.17) is 15.5 Å². The quantitative estimate of drug-likeness (QED) is 0.441. The molecule has 4 rings (SSSR count). The Balaban J connectivity index is 1.41. The van der Waals surface area contributed by atoms with Crippen LogP contribution in [0.4, 0.5) is 0 Å². The van der Waals surface area contributed by atoms with E-state index in [0.717, 1.165) is 37.1 Å². The lowest BCUT2D eigenvalue weighted by atomic mass is 9.96. The summed E-state index contributed by atoms with van der Waals surface area (Å²) in [5.41, 5.74) is 10.3. The number of esters is 1. The number of hydrazone groups is 1. The van der Waals surface area contributed by atoms with Gasteiger partial charge in [-0.1, -0.05) is 24.3 Å². The summed E-state index contributed by atoms with van der Waals surface area (Å²) < 4.78 is 5.02. The molecule has 3 aliphatic rings. The fourth-order valence-electron chi connectivity index (χ4n) is 4.27. The summed E-state index contributed by atoms with van der Waals surface area (Å²) in [7, 11) is 1.90. The first kappa shape index (κ1) is 22.0. The summed E-state index contributed by atoms with van der Waals surface area (Å²) in [4.78, 5) is 20.4. The number of hydrazine groups is 1. The van der Waals surface area contributed by atoms with E-state index < -0.39 is 0 Å². The number of nitrogens with two attached hydrogens (primary N) is 1. The van der Waals surface area contributed by atoms with Crippen molar-refractivity contribution < 1.29 is 9.53 Å². The Kier molecular flexibility index (Phi) is 6.84. The highest BCUT2D eigenvalue weighted by molar-refractivity contribution is 5.98. The van der Waals surface area contributed by atoms with Gasteiger partial charge in [0.15, 0.2) is 5.84 Å². The third kappa shape index (κ3) is 5.16. The van der Waals surface area contributed by atoms with Crippen molar-refractivity contribution in [3.63, 3.8) is 0 Å². The Labute approximate surface area is 188 Å². The van der Waals surface area contributed by atoms with Crippen molar-refractivity contribution in [3.8, 4) is 0 Å². The molecule has 2 aliphatic heterocycles. The number of pyridine rings is 1. The molecule has 1 aliphatic carbocycles. The van der Waals surface area contributed by atoms with Gasteiger partial charge in [0.05, 0.1) is 23.6 Å². The van der Waals surface area contributed by atoms with Crippen LogP contribution < -0.4 is 21.7 Å². The third-order valence-corrected chi connectivity index (χ3v) is 5.96. The van der Waals surface area contributed by atoms with E-state index in [1.165, 1.54) is 12.1 Å². The summed E-state index contributed by atoms with van der Waals surface area (Å²) in [6.45, 7) is 3.85. The first-order chi connectivity index (χ1) is 15.5. The van der Waals surface area contributed by atoms with E-state index in [2.05, 4.69) is 39.8 Å². The molecule has 3 atom stereocenters. The lowest BCUT2D eigenvalue weighted by Crippen LogP contribution is -2.48. The molecule has 3 N–H and O–H groups in total. The maximum atomic E-state index is 11.0. The lowest BCUT2D eigenvalue weighted by Gasteiger charge is -2.32. The highest BCUT2D eigenvalue weighted by Gasteiger charge is 2.30. The highest BCUT2D eigenvalue weighted by atomic mass is 16.5. The normalized spacial score (nSPS) is 24.1. The number of aliphatic imine (C=N–C) groups is 1. The summed E-state index contributed by atoms with van der Waals surface area (Å²) in [5, 5.41) is 10.7. The van der Waals surface area contributed by atoms with Crippen LogP contribution in [-0.4, -0.2) is 72.4 Å². The van der Waals surface area contributed by atoms with E-state index >= 15 is 0 Å². The van der Waals surface area contributed by atoms with Gasteiger partial charge >= 0.3 is 5.97 Å². The molecule has 0 fully saturated rings. The van der Waals surface area contributed by atoms with Crippen LogP contribution >= 0.6 is 0 Å². The van der Waals surface area contributed by atoms with Crippen LogP contribution in [0.25, 0.3) is 12.2 Å². The van der Waals surface area contributed by atoms with Gasteiger partial charge in [0, 0.05) is 51.3 Å². The number of hydrogen-bond donors (Lipinski definition) is 2. The van der Waals surface area contributed by atoms with Crippen LogP contribution in [0.3, 0.4) is 0 Å². The molecular formula is C23H31N7O2. The molecule has 0 aromatic carbocycles. The van der Waals surface area contributed by atoms with E-state index in [-0.39, 0.29) is 17.9 Å². The second-order valence-electron chi connectivity index (χ2n) is 8.27. The molecule has 3 unspecified atom stereocenters. The zero-order valence-electron chi connectivity index (χ0n) is 18.6. The Morgan fingerprint density at radius 3 is 3.06 bits per heavy atom. The van der Waals surface area contributed by atoms with E-state index in [0.29, 0.717) is 24.8 Å². The number of carbonyl (C=O) groups excluding carboxylic acids is 1. The van der Waals surface area contributed by atoms with E-state index in [9.17, 15) is 4.79 Å². The van der Waals surface area contributed by atoms with Crippen LogP contribution in [0, 0.1) is 11.8 Å². The minimum Gasteiger partial charge on any atom is -0.464 e. The van der Waals surface area contributed by atoms with Crippen molar-refractivity contribution in [2.45, 2.75) is 25.8 Å². The maximum Gasteiger partial charge on any atom is 0.302 e. The number of dihydropyridines is 1. The molecule has 9 nitrogen and oxygen atoms in total. The first-order valence-electron chi connectivity index (χ1n) is 11.1. The SMILES string of the molecule is CNN(CC1C=c2cccnc2=CC1)C1=NC(C2C=NN(CCOC(C)=O)C2)CC=C1N. The van der Waals surface area contributed by atoms with Gasteiger partial charge < -0.3 is 10.5 Å². The van der Waals surface area contributed by atoms with Gasteiger partial charge in [-0.3, -0.25) is 24.8 Å². The average molecular weight is 438 g/mol. The fraction of sp³-hybridized carbons (Fsp3) is 0.478. The third-order valence-electron chi connectivity index (χ3n) is 5.96. The second-order valence-corrected chi connectivity index (χ2v) is 8.27. The molecule has 0 saturated heterocycles. The highest BCUT2D eigenvalue weighted by Crippen LogP contribution is 2.23. The standard InChI is InChI=1S/C23H31N7O2/c1-16(31)32-11-10-29-15-19(13-27-29)22-8-6-20(24)23(28-22)30(25-2)14-17-5-7-21-18(12-17)4-3-9-26-21/h3-4,6-7,9,12-13,17,19,22,25H,5,8,10-11,14-15,24H2,1-2H3. The van der Waals surface area contributed by atoms with Gasteiger partial charge in [0.1, 0.15) is 6.61 Å². The van der Waals surface area contributed by atoms with Crippen LogP contribution in [0.1, 0.15) is 19.8 Å². The molecular weight excluding hydrogens is 406 g/mol. The minimum absolute atomic E-state index is 0.0717. The molecule has 0 amide bonds. The summed E-state index contributed by atoms with van der Waals surface area (Å²) in [5.74, 6) is 1.03. The number of rotatable bonds is 7. The maximum absolute atomic E-state index is 11.0. The van der Waals surface area contributed by atoms with Crippen molar-refractivity contribution in [3.05, 3.63) is 40.7 Å². The molecule has 0 spiro atoms. The van der Waals surface area contributed by atoms with Gasteiger partial charge in [0.25, 0.3) is 0 Å². The van der Waals surface area contributed by atoms with Gasteiger partial charge in [0.2, 0.25) is 0 Å². The summed E-state index contributed by atoms with van der Waals surface area (Å²) in [6, 6.07) is 4.14. The van der Waals surface area contributed by atoms with Gasteiger partial charge in [-0.25, -0.2) is 5.43 Å². The predicted molar refractivity (Wildman–Crippen MR) is 125 cm³/mol. The van der Waals surface area contributed by atoms with Crippen molar-refractivity contribution in [2.75, 3.05) is 33.3 Å². The van der Waals surface area contributed by atoms with Crippen LogP contribution in [-0.2, 0) is 9.53 Å². The molecule has 0 saturated carbocycles. The second kappa shape index (κ2) is 9.95. The molecule has 3 heterocycles. The van der Waals surface area contributed by atoms with Crippen LogP contribution in [0.2, 0.25) is 0 Å². The number of ether oxygens (including phenoxy) is 1. The zero-order chi connectivity index (χ0) is 22.5. The van der Waals surface area contributed by atoms with E-state index in [1.54, 1.807) is 0 Å². The molecule has 32 heavy (non-hydrogen) atoms. The largest absolute Gasteiger partial charge is 0.464 e. The number of fused-ring (bicyclic) bond motifs is 1. The Hall–Kier alpha value is -3.20. The minimum atomic E-state index is -0.272. The van der Waals surface area contributed by atoms with Crippen LogP contribution in [0.15, 0.2) is 40.2 Å². The number of nitrogens with zero attached hydrogens (tertiary/aromatic N) is 5. The Morgan fingerprint density at radius 2 is 2.25 bits per heavy atom. The molecule has 1 aromatic heterocycles. The summed E-state index contributed by atoms with van der Waals surface area (Å²) >= 11 is 0. The van der Waals surface area contributed by atoms with Crippen molar-refractivity contribution in [1.82, 2.24) is 20.4 Å². The van der Waals surface area contributed by atoms with Gasteiger partial charge in [-0.2, -0.15) is 5.10 Å². The summed E-state index contributed by atoms with van der Waals surface area (Å²) in [6.07, 6.45) is 12.0. The smallest absolute Gasteiger partial charge is 0.302 e. The zero-order valence-corrected chi connectivity index (χ0v) is 18.6. The Bertz CT molecular complexity index is 1050. The van der Waals surface area contributed by atoms with Crippen molar-refractivity contribution >= 4 is 30.2 Å². The average Bonchev–Trinajstić information content (AvgIpc) is 3.26. The number of hydrogen-bond acceptors (Lipinski definition) is 9. The van der Waals surface area contributed by atoms with Crippen LogP contribution in [0.5, 0.6) is 0 Å². The lowest BCUT2D eigenvalue weighted by molar-refractivity contribution is -0.141. The number of amidine groups is 1. The van der Waals surface area contributed by atoms with Crippen molar-refractivity contribution in [1.29, 1.82) is 0 Å². The number of aromatic nitrogens is 1. The molecule has 1 aromatic rings. The van der Waals surface area contributed by atoms with Gasteiger partial charge in [-0.05, 0) is 24.1 Å². The van der Waals surface area contributed by atoms with Gasteiger partial charge in [-0.15, -0.1) is 0 Å². The molecule has 0 radical (unpaired) electrons. The molecule has 170 valence electrons.